The van der Waals surface area contributed by atoms with Gasteiger partial charge < -0.3 is 5.32 Å². The fourth-order valence-corrected chi connectivity index (χ4v) is 1.49. The summed E-state index contributed by atoms with van der Waals surface area (Å²) in [5.74, 6) is 0. The van der Waals surface area contributed by atoms with Crippen LogP contribution in [0.2, 0.25) is 0 Å². The Balaban J connectivity index is 2.81. The zero-order chi connectivity index (χ0) is 12.0. The second-order valence-electron chi connectivity index (χ2n) is 3.56. The van der Waals surface area contributed by atoms with E-state index in [1.165, 1.54) is 0 Å². The standard InChI is InChI=1S/C13H18N2O/c1-4-9-14-13(16)15(5-2)12-8-6-7-11(3)10-12/h4,6-8,10H,1,5,9H2,2-3H3,(H,14,16). The third-order valence-electron chi connectivity index (χ3n) is 2.27. The highest BCUT2D eigenvalue weighted by Crippen LogP contribution is 2.15. The summed E-state index contributed by atoms with van der Waals surface area (Å²) in [6.07, 6.45) is 1.67. The predicted octanol–water partition coefficient (Wildman–Crippen LogP) is 2.72. The van der Waals surface area contributed by atoms with Gasteiger partial charge in [0.1, 0.15) is 0 Å². The second-order valence-corrected chi connectivity index (χ2v) is 3.56. The molecule has 0 aliphatic carbocycles. The summed E-state index contributed by atoms with van der Waals surface area (Å²) in [4.78, 5) is 13.5. The summed E-state index contributed by atoms with van der Waals surface area (Å²) in [6.45, 7) is 8.67. The van der Waals surface area contributed by atoms with E-state index in [1.54, 1.807) is 11.0 Å². The highest BCUT2D eigenvalue weighted by molar-refractivity contribution is 5.92. The molecule has 16 heavy (non-hydrogen) atoms. The van der Waals surface area contributed by atoms with Gasteiger partial charge in [0.05, 0.1) is 0 Å². The number of amides is 2. The molecule has 1 aromatic rings. The van der Waals surface area contributed by atoms with Crippen LogP contribution < -0.4 is 10.2 Å². The van der Waals surface area contributed by atoms with Crippen molar-refractivity contribution >= 4 is 11.7 Å². The van der Waals surface area contributed by atoms with E-state index in [2.05, 4.69) is 11.9 Å². The number of anilines is 1. The number of aryl methyl sites for hydroxylation is 1. The summed E-state index contributed by atoms with van der Waals surface area (Å²) in [5.41, 5.74) is 2.07. The fourth-order valence-electron chi connectivity index (χ4n) is 1.49. The van der Waals surface area contributed by atoms with Gasteiger partial charge in [-0.15, -0.1) is 6.58 Å². The van der Waals surface area contributed by atoms with Gasteiger partial charge >= 0.3 is 6.03 Å². The molecule has 1 rings (SSSR count). The van der Waals surface area contributed by atoms with Crippen molar-refractivity contribution in [2.75, 3.05) is 18.0 Å². The zero-order valence-corrected chi connectivity index (χ0v) is 9.86. The molecule has 1 aromatic carbocycles. The number of nitrogens with zero attached hydrogens (tertiary/aromatic N) is 1. The Labute approximate surface area is 96.8 Å². The minimum atomic E-state index is -0.0898. The van der Waals surface area contributed by atoms with E-state index in [1.807, 2.05) is 38.1 Å². The van der Waals surface area contributed by atoms with Crippen molar-refractivity contribution in [1.29, 1.82) is 0 Å². The third kappa shape index (κ3) is 3.12. The van der Waals surface area contributed by atoms with Gasteiger partial charge in [0.15, 0.2) is 0 Å². The first-order valence-electron chi connectivity index (χ1n) is 5.42. The number of rotatable bonds is 4. The van der Waals surface area contributed by atoms with E-state index in [4.69, 9.17) is 0 Å². The van der Waals surface area contributed by atoms with Crippen LogP contribution in [0.15, 0.2) is 36.9 Å². The van der Waals surface area contributed by atoms with E-state index in [9.17, 15) is 4.79 Å². The van der Waals surface area contributed by atoms with Crippen molar-refractivity contribution in [3.8, 4) is 0 Å². The molecule has 0 spiro atoms. The van der Waals surface area contributed by atoms with E-state index in [0.717, 1.165) is 11.3 Å². The molecule has 0 aromatic heterocycles. The fraction of sp³-hybridized carbons (Fsp3) is 0.308. The molecular weight excluding hydrogens is 200 g/mol. The summed E-state index contributed by atoms with van der Waals surface area (Å²) in [6, 6.07) is 7.81. The Morgan fingerprint density at radius 3 is 2.88 bits per heavy atom. The van der Waals surface area contributed by atoms with Crippen LogP contribution in [0.1, 0.15) is 12.5 Å². The molecule has 0 atom stereocenters. The Bertz CT molecular complexity index is 374. The average molecular weight is 218 g/mol. The SMILES string of the molecule is C=CCNC(=O)N(CC)c1cccc(C)c1. The quantitative estimate of drug-likeness (QED) is 0.774. The Morgan fingerprint density at radius 1 is 1.56 bits per heavy atom. The molecule has 0 radical (unpaired) electrons. The minimum absolute atomic E-state index is 0.0898. The maximum absolute atomic E-state index is 11.8. The van der Waals surface area contributed by atoms with Crippen molar-refractivity contribution in [3.63, 3.8) is 0 Å². The van der Waals surface area contributed by atoms with Crippen LogP contribution in [0.5, 0.6) is 0 Å². The highest BCUT2D eigenvalue weighted by Gasteiger charge is 2.12. The van der Waals surface area contributed by atoms with Gasteiger partial charge in [0.2, 0.25) is 0 Å². The molecule has 0 aliphatic rings. The normalized spacial score (nSPS) is 9.62. The molecule has 3 heteroatoms. The Morgan fingerprint density at radius 2 is 2.31 bits per heavy atom. The van der Waals surface area contributed by atoms with Gasteiger partial charge in [-0.2, -0.15) is 0 Å². The molecule has 3 nitrogen and oxygen atoms in total. The molecule has 0 saturated heterocycles. The molecule has 1 N–H and O–H groups in total. The largest absolute Gasteiger partial charge is 0.334 e. The first kappa shape index (κ1) is 12.3. The van der Waals surface area contributed by atoms with Crippen molar-refractivity contribution < 1.29 is 4.79 Å². The molecule has 0 unspecified atom stereocenters. The van der Waals surface area contributed by atoms with Crippen molar-refractivity contribution in [3.05, 3.63) is 42.5 Å². The van der Waals surface area contributed by atoms with Gasteiger partial charge in [0, 0.05) is 18.8 Å². The lowest BCUT2D eigenvalue weighted by molar-refractivity contribution is 0.247. The number of urea groups is 1. The number of hydrogen-bond donors (Lipinski definition) is 1. The van der Waals surface area contributed by atoms with E-state index >= 15 is 0 Å². The van der Waals surface area contributed by atoms with Crippen LogP contribution in [-0.4, -0.2) is 19.1 Å². The monoisotopic (exact) mass is 218 g/mol. The van der Waals surface area contributed by atoms with Gasteiger partial charge in [-0.05, 0) is 31.5 Å². The van der Waals surface area contributed by atoms with Crippen LogP contribution in [0.4, 0.5) is 10.5 Å². The Hall–Kier alpha value is -1.77. The molecule has 2 amide bonds. The second kappa shape index (κ2) is 5.95. The lowest BCUT2D eigenvalue weighted by Crippen LogP contribution is -2.40. The van der Waals surface area contributed by atoms with Crippen molar-refractivity contribution in [1.82, 2.24) is 5.32 Å². The van der Waals surface area contributed by atoms with Crippen LogP contribution >= 0.6 is 0 Å². The molecule has 0 aliphatic heterocycles. The average Bonchev–Trinajstić information content (AvgIpc) is 2.27. The lowest BCUT2D eigenvalue weighted by atomic mass is 10.2. The van der Waals surface area contributed by atoms with Crippen LogP contribution in [0.3, 0.4) is 0 Å². The van der Waals surface area contributed by atoms with Gasteiger partial charge in [-0.3, -0.25) is 4.90 Å². The highest BCUT2D eigenvalue weighted by atomic mass is 16.2. The minimum Gasteiger partial charge on any atom is -0.334 e. The smallest absolute Gasteiger partial charge is 0.322 e. The molecule has 0 bridgehead atoms. The number of nitrogens with one attached hydrogen (secondary N) is 1. The zero-order valence-electron chi connectivity index (χ0n) is 9.86. The van der Waals surface area contributed by atoms with E-state index in [0.29, 0.717) is 13.1 Å². The van der Waals surface area contributed by atoms with Crippen LogP contribution in [-0.2, 0) is 0 Å². The van der Waals surface area contributed by atoms with Crippen molar-refractivity contribution in [2.24, 2.45) is 0 Å². The topological polar surface area (TPSA) is 32.3 Å². The van der Waals surface area contributed by atoms with Gasteiger partial charge in [-0.1, -0.05) is 18.2 Å². The maximum atomic E-state index is 11.8. The lowest BCUT2D eigenvalue weighted by Gasteiger charge is -2.21. The third-order valence-corrected chi connectivity index (χ3v) is 2.27. The van der Waals surface area contributed by atoms with E-state index < -0.39 is 0 Å². The first-order chi connectivity index (χ1) is 7.69. The summed E-state index contributed by atoms with van der Waals surface area (Å²) in [5, 5.41) is 2.77. The number of carbonyl (C=O) groups excluding carboxylic acids is 1. The first-order valence-corrected chi connectivity index (χ1v) is 5.42. The molecular formula is C13H18N2O. The van der Waals surface area contributed by atoms with E-state index in [-0.39, 0.29) is 6.03 Å². The number of carbonyl (C=O) groups is 1. The predicted molar refractivity (Wildman–Crippen MR) is 67.8 cm³/mol. The molecule has 0 saturated carbocycles. The molecule has 0 heterocycles. The summed E-state index contributed by atoms with van der Waals surface area (Å²) in [7, 11) is 0. The van der Waals surface area contributed by atoms with Gasteiger partial charge in [-0.25, -0.2) is 4.79 Å². The van der Waals surface area contributed by atoms with Crippen LogP contribution in [0.25, 0.3) is 0 Å². The summed E-state index contributed by atoms with van der Waals surface area (Å²) < 4.78 is 0. The van der Waals surface area contributed by atoms with Crippen molar-refractivity contribution in [2.45, 2.75) is 13.8 Å². The Kier molecular flexibility index (Phi) is 4.58. The van der Waals surface area contributed by atoms with Gasteiger partial charge in [0.25, 0.3) is 0 Å². The molecule has 86 valence electrons. The molecule has 0 fully saturated rings. The number of hydrogen-bond acceptors (Lipinski definition) is 1. The number of benzene rings is 1. The maximum Gasteiger partial charge on any atom is 0.322 e. The summed E-state index contributed by atoms with van der Waals surface area (Å²) >= 11 is 0. The van der Waals surface area contributed by atoms with Crippen LogP contribution in [0, 0.1) is 6.92 Å².